The molecule has 2 rings (SSSR count). The summed E-state index contributed by atoms with van der Waals surface area (Å²) >= 11 is 18.9. The summed E-state index contributed by atoms with van der Waals surface area (Å²) in [7, 11) is 0. The molecule has 0 unspecified atom stereocenters. The van der Waals surface area contributed by atoms with Crippen LogP contribution in [0.3, 0.4) is 0 Å². The molecule has 0 spiro atoms. The summed E-state index contributed by atoms with van der Waals surface area (Å²) in [6.07, 6.45) is 0. The maximum atomic E-state index is 11.9. The van der Waals surface area contributed by atoms with Crippen molar-refractivity contribution in [3.05, 3.63) is 57.0 Å². The molecule has 0 saturated carbocycles. The summed E-state index contributed by atoms with van der Waals surface area (Å²) < 4.78 is 0. The summed E-state index contributed by atoms with van der Waals surface area (Å²) in [6, 6.07) is 10.4. The maximum Gasteiger partial charge on any atom is 0.234 e. The predicted octanol–water partition coefficient (Wildman–Crippen LogP) is 5.27. The molecular formula is C17H15Cl3N2O2S. The molecule has 25 heavy (non-hydrogen) atoms. The van der Waals surface area contributed by atoms with E-state index in [9.17, 15) is 9.59 Å². The van der Waals surface area contributed by atoms with Gasteiger partial charge in [-0.3, -0.25) is 9.59 Å². The molecular weight excluding hydrogens is 403 g/mol. The molecule has 0 atom stereocenters. The van der Waals surface area contributed by atoms with E-state index in [2.05, 4.69) is 10.6 Å². The van der Waals surface area contributed by atoms with E-state index in [1.54, 1.807) is 0 Å². The average molecular weight is 418 g/mol. The Hall–Kier alpha value is -1.40. The zero-order chi connectivity index (χ0) is 18.4. The van der Waals surface area contributed by atoms with Gasteiger partial charge in [-0.15, -0.1) is 11.8 Å². The first-order chi connectivity index (χ1) is 11.8. The van der Waals surface area contributed by atoms with Crippen molar-refractivity contribution in [3.8, 4) is 0 Å². The van der Waals surface area contributed by atoms with Gasteiger partial charge in [-0.2, -0.15) is 0 Å². The first-order valence-electron chi connectivity index (χ1n) is 7.24. The van der Waals surface area contributed by atoms with Gasteiger partial charge in [-0.25, -0.2) is 0 Å². The summed E-state index contributed by atoms with van der Waals surface area (Å²) in [5.41, 5.74) is 2.22. The normalized spacial score (nSPS) is 10.4. The Morgan fingerprint density at radius 2 is 1.44 bits per heavy atom. The number of carbonyl (C=O) groups is 2. The van der Waals surface area contributed by atoms with Gasteiger partial charge < -0.3 is 10.6 Å². The van der Waals surface area contributed by atoms with E-state index in [-0.39, 0.29) is 23.3 Å². The van der Waals surface area contributed by atoms with E-state index in [0.717, 1.165) is 11.3 Å². The largest absolute Gasteiger partial charge is 0.325 e. The number of halogens is 3. The number of nitrogens with one attached hydrogen (secondary N) is 2. The number of carbonyl (C=O) groups excluding carboxylic acids is 2. The van der Waals surface area contributed by atoms with Gasteiger partial charge in [-0.05, 0) is 31.2 Å². The van der Waals surface area contributed by atoms with E-state index < -0.39 is 0 Å². The van der Waals surface area contributed by atoms with Crippen LogP contribution in [-0.2, 0) is 9.59 Å². The van der Waals surface area contributed by atoms with Gasteiger partial charge in [0.05, 0.1) is 32.3 Å². The Kier molecular flexibility index (Phi) is 7.44. The summed E-state index contributed by atoms with van der Waals surface area (Å²) in [4.78, 5) is 23.8. The van der Waals surface area contributed by atoms with Crippen LogP contribution in [0.4, 0.5) is 11.4 Å². The van der Waals surface area contributed by atoms with Crippen molar-refractivity contribution >= 4 is 69.8 Å². The summed E-state index contributed by atoms with van der Waals surface area (Å²) in [5, 5.41) is 6.32. The second-order valence-corrected chi connectivity index (χ2v) is 7.41. The molecule has 8 heteroatoms. The van der Waals surface area contributed by atoms with Crippen LogP contribution in [0.5, 0.6) is 0 Å². The lowest BCUT2D eigenvalue weighted by molar-refractivity contribution is -0.114. The second kappa shape index (κ2) is 9.34. The van der Waals surface area contributed by atoms with Crippen molar-refractivity contribution in [1.82, 2.24) is 0 Å². The maximum absolute atomic E-state index is 11.9. The number of hydrogen-bond donors (Lipinski definition) is 2. The zero-order valence-corrected chi connectivity index (χ0v) is 16.3. The Bertz CT molecular complexity index is 782. The number of benzene rings is 2. The van der Waals surface area contributed by atoms with Crippen molar-refractivity contribution in [2.24, 2.45) is 0 Å². The SMILES string of the molecule is Cc1ccc(NC(=O)CSCC(=O)Nc2cc(Cl)c(Cl)cc2Cl)cc1. The fraction of sp³-hybridized carbons (Fsp3) is 0.176. The number of hydrogen-bond acceptors (Lipinski definition) is 3. The van der Waals surface area contributed by atoms with Crippen LogP contribution in [0.25, 0.3) is 0 Å². The number of rotatable bonds is 6. The lowest BCUT2D eigenvalue weighted by atomic mass is 10.2. The molecule has 0 heterocycles. The van der Waals surface area contributed by atoms with Gasteiger partial charge in [0.1, 0.15) is 0 Å². The minimum Gasteiger partial charge on any atom is -0.325 e. The van der Waals surface area contributed by atoms with Crippen molar-refractivity contribution in [3.63, 3.8) is 0 Å². The van der Waals surface area contributed by atoms with Crippen LogP contribution < -0.4 is 10.6 Å². The van der Waals surface area contributed by atoms with Crippen LogP contribution in [0.1, 0.15) is 5.56 Å². The van der Waals surface area contributed by atoms with Gasteiger partial charge in [-0.1, -0.05) is 52.5 Å². The quantitative estimate of drug-likeness (QED) is 0.630. The lowest BCUT2D eigenvalue weighted by Gasteiger charge is -2.09. The Labute approximate surface area is 165 Å². The van der Waals surface area contributed by atoms with Crippen LogP contribution in [0, 0.1) is 6.92 Å². The van der Waals surface area contributed by atoms with E-state index in [0.29, 0.717) is 20.8 Å². The van der Waals surface area contributed by atoms with Gasteiger partial charge in [0.2, 0.25) is 11.8 Å². The van der Waals surface area contributed by atoms with Crippen LogP contribution in [0.2, 0.25) is 15.1 Å². The molecule has 0 radical (unpaired) electrons. The highest BCUT2D eigenvalue weighted by Gasteiger charge is 2.10. The molecule has 2 amide bonds. The van der Waals surface area contributed by atoms with Gasteiger partial charge in [0, 0.05) is 5.69 Å². The van der Waals surface area contributed by atoms with Crippen molar-refractivity contribution in [2.75, 3.05) is 22.1 Å². The highest BCUT2D eigenvalue weighted by atomic mass is 35.5. The van der Waals surface area contributed by atoms with Crippen molar-refractivity contribution in [1.29, 1.82) is 0 Å². The van der Waals surface area contributed by atoms with Gasteiger partial charge >= 0.3 is 0 Å². The fourth-order valence-corrected chi connectivity index (χ4v) is 3.09. The molecule has 0 fully saturated rings. The molecule has 0 saturated heterocycles. The molecule has 0 aliphatic heterocycles. The highest BCUT2D eigenvalue weighted by Crippen LogP contribution is 2.32. The number of thioether (sulfide) groups is 1. The van der Waals surface area contributed by atoms with Crippen LogP contribution >= 0.6 is 46.6 Å². The monoisotopic (exact) mass is 416 g/mol. The van der Waals surface area contributed by atoms with E-state index in [1.807, 2.05) is 31.2 Å². The highest BCUT2D eigenvalue weighted by molar-refractivity contribution is 8.00. The molecule has 2 N–H and O–H groups in total. The molecule has 4 nitrogen and oxygen atoms in total. The number of aryl methyl sites for hydroxylation is 1. The van der Waals surface area contributed by atoms with E-state index >= 15 is 0 Å². The minimum absolute atomic E-state index is 0.109. The molecule has 0 bridgehead atoms. The molecule has 132 valence electrons. The standard InChI is InChI=1S/C17H15Cl3N2O2S/c1-10-2-4-11(5-3-10)21-16(23)8-25-9-17(24)22-15-7-13(19)12(18)6-14(15)20/h2-7H,8-9H2,1H3,(H,21,23)(H,22,24). The lowest BCUT2D eigenvalue weighted by Crippen LogP contribution is -2.18. The Morgan fingerprint density at radius 3 is 2.08 bits per heavy atom. The smallest absolute Gasteiger partial charge is 0.234 e. The molecule has 2 aromatic rings. The summed E-state index contributed by atoms with van der Waals surface area (Å²) in [5.74, 6) is -0.184. The molecule has 0 aliphatic rings. The molecule has 0 aromatic heterocycles. The zero-order valence-electron chi connectivity index (χ0n) is 13.2. The average Bonchev–Trinajstić information content (AvgIpc) is 2.55. The number of amides is 2. The van der Waals surface area contributed by atoms with E-state index in [1.165, 1.54) is 23.9 Å². The van der Waals surface area contributed by atoms with Crippen LogP contribution in [0.15, 0.2) is 36.4 Å². The van der Waals surface area contributed by atoms with Crippen LogP contribution in [-0.4, -0.2) is 23.3 Å². The minimum atomic E-state index is -0.284. The summed E-state index contributed by atoms with van der Waals surface area (Å²) in [6.45, 7) is 1.97. The fourth-order valence-electron chi connectivity index (χ4n) is 1.88. The predicted molar refractivity (Wildman–Crippen MR) is 107 cm³/mol. The van der Waals surface area contributed by atoms with Gasteiger partial charge in [0.15, 0.2) is 0 Å². The van der Waals surface area contributed by atoms with E-state index in [4.69, 9.17) is 34.8 Å². The Balaban J connectivity index is 1.77. The van der Waals surface area contributed by atoms with Crippen molar-refractivity contribution < 1.29 is 9.59 Å². The second-order valence-electron chi connectivity index (χ2n) is 5.20. The number of anilines is 2. The van der Waals surface area contributed by atoms with Crippen molar-refractivity contribution in [2.45, 2.75) is 6.92 Å². The first kappa shape index (κ1) is 19.9. The molecule has 0 aliphatic carbocycles. The molecule has 2 aromatic carbocycles. The topological polar surface area (TPSA) is 58.2 Å². The first-order valence-corrected chi connectivity index (χ1v) is 9.52. The third-order valence-electron chi connectivity index (χ3n) is 3.09. The third kappa shape index (κ3) is 6.44. The van der Waals surface area contributed by atoms with Gasteiger partial charge in [0.25, 0.3) is 0 Å². The third-order valence-corrected chi connectivity index (χ3v) is 5.05. The Morgan fingerprint density at radius 1 is 0.880 bits per heavy atom.